The van der Waals surface area contributed by atoms with Crippen LogP contribution >= 0.6 is 0 Å². The van der Waals surface area contributed by atoms with Crippen LogP contribution in [0.2, 0.25) is 0 Å². The summed E-state index contributed by atoms with van der Waals surface area (Å²) in [6.45, 7) is 5.63. The highest BCUT2D eigenvalue weighted by Crippen LogP contribution is 2.51. The van der Waals surface area contributed by atoms with Gasteiger partial charge in [0.2, 0.25) is 0 Å². The van der Waals surface area contributed by atoms with Crippen LogP contribution in [0.4, 0.5) is 5.82 Å². The molecule has 1 aromatic heterocycles. The molecule has 1 aliphatic rings. The number of anilines is 1. The van der Waals surface area contributed by atoms with E-state index in [1.165, 1.54) is 6.42 Å². The third-order valence-electron chi connectivity index (χ3n) is 4.22. The molecule has 0 radical (unpaired) electrons. The highest BCUT2D eigenvalue weighted by atomic mass is 16.5. The third-order valence-corrected chi connectivity index (χ3v) is 4.22. The number of hydrogen-bond donors (Lipinski definition) is 1. The van der Waals surface area contributed by atoms with E-state index in [9.17, 15) is 0 Å². The molecule has 3 rings (SSSR count). The summed E-state index contributed by atoms with van der Waals surface area (Å²) in [4.78, 5) is 4.46. The molecular weight excluding hydrogens is 236 g/mol. The minimum Gasteiger partial charge on any atom is -0.496 e. The zero-order chi connectivity index (χ0) is 13.5. The summed E-state index contributed by atoms with van der Waals surface area (Å²) in [5.74, 6) is 2.61. The van der Waals surface area contributed by atoms with Gasteiger partial charge >= 0.3 is 0 Å². The normalized spacial score (nSPS) is 20.3. The average molecular weight is 256 g/mol. The van der Waals surface area contributed by atoms with E-state index in [-0.39, 0.29) is 0 Å². The summed E-state index contributed by atoms with van der Waals surface area (Å²) in [5.41, 5.74) is 0.495. The van der Waals surface area contributed by atoms with Gasteiger partial charge in [-0.15, -0.1) is 0 Å². The van der Waals surface area contributed by atoms with Crippen molar-refractivity contribution in [2.24, 2.45) is 11.3 Å². The van der Waals surface area contributed by atoms with E-state index < -0.39 is 0 Å². The third kappa shape index (κ3) is 2.25. The van der Waals surface area contributed by atoms with Crippen molar-refractivity contribution in [1.29, 1.82) is 0 Å². The molecule has 0 bridgehead atoms. The molecule has 1 aliphatic carbocycles. The lowest BCUT2D eigenvalue weighted by Gasteiger charge is -2.11. The second-order valence-corrected chi connectivity index (χ2v) is 5.99. The van der Waals surface area contributed by atoms with E-state index in [0.29, 0.717) is 5.41 Å². The summed E-state index contributed by atoms with van der Waals surface area (Å²) in [6, 6.07) is 8.08. The molecule has 3 nitrogen and oxygen atoms in total. The molecule has 3 heteroatoms. The highest BCUT2D eigenvalue weighted by molar-refractivity contribution is 5.95. The molecule has 1 aromatic carbocycles. The maximum Gasteiger partial charge on any atom is 0.133 e. The Morgan fingerprint density at radius 2 is 2.11 bits per heavy atom. The molecular formula is C16H20N2O. The summed E-state index contributed by atoms with van der Waals surface area (Å²) >= 11 is 0. The molecule has 1 fully saturated rings. The van der Waals surface area contributed by atoms with Crippen LogP contribution in [0.1, 0.15) is 20.3 Å². The molecule has 1 heterocycles. The molecule has 1 N–H and O–H groups in total. The number of hydrogen-bond acceptors (Lipinski definition) is 3. The first-order valence-corrected chi connectivity index (χ1v) is 6.77. The van der Waals surface area contributed by atoms with Crippen molar-refractivity contribution in [3.05, 3.63) is 30.5 Å². The molecule has 0 amide bonds. The second kappa shape index (κ2) is 4.41. The van der Waals surface area contributed by atoms with Crippen LogP contribution in [-0.4, -0.2) is 18.6 Å². The Balaban J connectivity index is 1.87. The maximum atomic E-state index is 5.40. The van der Waals surface area contributed by atoms with Crippen molar-refractivity contribution in [1.82, 2.24) is 4.98 Å². The van der Waals surface area contributed by atoms with Gasteiger partial charge in [0.1, 0.15) is 11.6 Å². The Bertz CT molecular complexity index is 607. The Morgan fingerprint density at radius 3 is 2.79 bits per heavy atom. The monoisotopic (exact) mass is 256 g/mol. The van der Waals surface area contributed by atoms with Gasteiger partial charge in [-0.25, -0.2) is 4.98 Å². The van der Waals surface area contributed by atoms with Gasteiger partial charge in [-0.2, -0.15) is 0 Å². The smallest absolute Gasteiger partial charge is 0.133 e. The van der Waals surface area contributed by atoms with E-state index in [1.807, 2.05) is 24.4 Å². The lowest BCUT2D eigenvalue weighted by Crippen LogP contribution is -2.08. The predicted molar refractivity (Wildman–Crippen MR) is 78.7 cm³/mol. The van der Waals surface area contributed by atoms with Crippen LogP contribution in [-0.2, 0) is 0 Å². The largest absolute Gasteiger partial charge is 0.496 e. The topological polar surface area (TPSA) is 34.1 Å². The van der Waals surface area contributed by atoms with Crippen LogP contribution in [0, 0.1) is 11.3 Å². The summed E-state index contributed by atoms with van der Waals surface area (Å²) in [5, 5.41) is 5.72. The van der Waals surface area contributed by atoms with Crippen LogP contribution in [0.15, 0.2) is 30.5 Å². The molecule has 0 saturated heterocycles. The second-order valence-electron chi connectivity index (χ2n) is 5.99. The zero-order valence-corrected chi connectivity index (χ0v) is 11.7. The van der Waals surface area contributed by atoms with Crippen molar-refractivity contribution < 1.29 is 4.74 Å². The molecule has 2 aromatic rings. The van der Waals surface area contributed by atoms with E-state index in [4.69, 9.17) is 4.74 Å². The first-order chi connectivity index (χ1) is 9.12. The minimum absolute atomic E-state index is 0.495. The maximum absolute atomic E-state index is 5.40. The van der Waals surface area contributed by atoms with Crippen LogP contribution in [0.5, 0.6) is 5.75 Å². The standard InChI is InChI=1S/C16H20N2O/c1-16(2)9-11(16)10-18-15-13-5-4-6-14(19-3)12(13)7-8-17-15/h4-8,11H,9-10H2,1-3H3,(H,17,18). The SMILES string of the molecule is COc1cccc2c(NCC3CC3(C)C)nccc12. The van der Waals surface area contributed by atoms with Gasteiger partial charge < -0.3 is 10.1 Å². The van der Waals surface area contributed by atoms with Crippen LogP contribution in [0.25, 0.3) is 10.8 Å². The Hall–Kier alpha value is -1.77. The number of methoxy groups -OCH3 is 1. The first kappa shape index (κ1) is 12.3. The van der Waals surface area contributed by atoms with Crippen molar-refractivity contribution in [3.8, 4) is 5.75 Å². The Labute approximate surface area is 114 Å². The number of benzene rings is 1. The van der Waals surface area contributed by atoms with E-state index in [2.05, 4.69) is 30.2 Å². The van der Waals surface area contributed by atoms with E-state index >= 15 is 0 Å². The molecule has 0 spiro atoms. The van der Waals surface area contributed by atoms with Crippen molar-refractivity contribution in [2.45, 2.75) is 20.3 Å². The lowest BCUT2D eigenvalue weighted by molar-refractivity contribution is 0.420. The molecule has 1 unspecified atom stereocenters. The van der Waals surface area contributed by atoms with Crippen LogP contribution in [0.3, 0.4) is 0 Å². The predicted octanol–water partition coefficient (Wildman–Crippen LogP) is 3.70. The number of pyridine rings is 1. The minimum atomic E-state index is 0.495. The van der Waals surface area contributed by atoms with Gasteiger partial charge in [0, 0.05) is 23.5 Å². The summed E-state index contributed by atoms with van der Waals surface area (Å²) in [6.07, 6.45) is 3.14. The number of nitrogens with one attached hydrogen (secondary N) is 1. The summed E-state index contributed by atoms with van der Waals surface area (Å²) < 4.78 is 5.40. The Kier molecular flexibility index (Phi) is 2.85. The zero-order valence-electron chi connectivity index (χ0n) is 11.7. The molecule has 1 atom stereocenters. The highest BCUT2D eigenvalue weighted by Gasteiger charge is 2.45. The number of rotatable bonds is 4. The van der Waals surface area contributed by atoms with E-state index in [1.54, 1.807) is 7.11 Å². The van der Waals surface area contributed by atoms with Crippen molar-refractivity contribution in [3.63, 3.8) is 0 Å². The fraction of sp³-hybridized carbons (Fsp3) is 0.438. The fourth-order valence-electron chi connectivity index (χ4n) is 2.64. The number of aromatic nitrogens is 1. The molecule has 1 saturated carbocycles. The fourth-order valence-corrected chi connectivity index (χ4v) is 2.64. The number of nitrogens with zero attached hydrogens (tertiary/aromatic N) is 1. The molecule has 19 heavy (non-hydrogen) atoms. The number of fused-ring (bicyclic) bond motifs is 1. The average Bonchev–Trinajstić information content (AvgIpc) is 3.03. The quantitative estimate of drug-likeness (QED) is 0.905. The summed E-state index contributed by atoms with van der Waals surface area (Å²) in [7, 11) is 1.70. The van der Waals surface area contributed by atoms with Gasteiger partial charge in [0.05, 0.1) is 7.11 Å². The van der Waals surface area contributed by atoms with Gasteiger partial charge in [-0.1, -0.05) is 26.0 Å². The first-order valence-electron chi connectivity index (χ1n) is 6.77. The number of ether oxygens (including phenoxy) is 1. The Morgan fingerprint density at radius 1 is 1.32 bits per heavy atom. The van der Waals surface area contributed by atoms with Gasteiger partial charge in [0.25, 0.3) is 0 Å². The van der Waals surface area contributed by atoms with E-state index in [0.717, 1.165) is 34.8 Å². The van der Waals surface area contributed by atoms with Crippen molar-refractivity contribution >= 4 is 16.6 Å². The molecule has 0 aliphatic heterocycles. The van der Waals surface area contributed by atoms with Gasteiger partial charge in [-0.05, 0) is 29.9 Å². The van der Waals surface area contributed by atoms with Gasteiger partial charge in [-0.3, -0.25) is 0 Å². The van der Waals surface area contributed by atoms with Crippen LogP contribution < -0.4 is 10.1 Å². The van der Waals surface area contributed by atoms with Gasteiger partial charge in [0.15, 0.2) is 0 Å². The lowest BCUT2D eigenvalue weighted by atomic mass is 10.1. The molecule has 100 valence electrons. The van der Waals surface area contributed by atoms with Crippen molar-refractivity contribution in [2.75, 3.05) is 19.0 Å².